The molecule has 8 heteroatoms. The second kappa shape index (κ2) is 11.3. The maximum Gasteiger partial charge on any atom is 0.310 e. The van der Waals surface area contributed by atoms with Crippen LogP contribution >= 0.6 is 0 Å². The van der Waals surface area contributed by atoms with Crippen molar-refractivity contribution >= 4 is 16.5 Å². The molecular weight excluding hydrogens is 356 g/mol. The zero-order chi connectivity index (χ0) is 18.8. The summed E-state index contributed by atoms with van der Waals surface area (Å²) in [6.45, 7) is 0.990. The minimum Gasteiger partial charge on any atom is -0.484 e. The molecule has 1 saturated carbocycles. The molecule has 0 aliphatic heterocycles. The molecule has 0 bridgehead atoms. The summed E-state index contributed by atoms with van der Waals surface area (Å²) in [5.74, 6) is 0.847. The fourth-order valence-electron chi connectivity index (χ4n) is 3.08. The van der Waals surface area contributed by atoms with E-state index in [9.17, 15) is 19.4 Å². The molecule has 26 heavy (non-hydrogen) atoms. The number of nitrogens with zero attached hydrogens (tertiary/aromatic N) is 1. The molecule has 1 aromatic rings. The Bertz CT molecular complexity index is 593. The molecule has 2 rings (SSSR count). The van der Waals surface area contributed by atoms with Crippen LogP contribution in [0.25, 0.3) is 0 Å². The summed E-state index contributed by atoms with van der Waals surface area (Å²) in [6.07, 6.45) is 5.87. The van der Waals surface area contributed by atoms with Crippen LogP contribution in [-0.4, -0.2) is 51.0 Å². The third-order valence-electron chi connectivity index (χ3n) is 4.50. The third kappa shape index (κ3) is 7.01. The van der Waals surface area contributed by atoms with E-state index in [1.54, 1.807) is 12.1 Å². The minimum atomic E-state index is -0.765. The second-order valence-corrected chi connectivity index (χ2v) is 8.43. The molecular formula is C18H28N2O5S. The molecule has 0 saturated heterocycles. The van der Waals surface area contributed by atoms with Gasteiger partial charge in [0.15, 0.2) is 5.75 Å². The van der Waals surface area contributed by atoms with Crippen molar-refractivity contribution in [1.29, 1.82) is 0 Å². The number of hydrogen-bond donors (Lipinski definition) is 2. The van der Waals surface area contributed by atoms with Crippen molar-refractivity contribution in [2.75, 3.05) is 25.4 Å². The number of nitrogens with one attached hydrogen (secondary N) is 1. The maximum absolute atomic E-state index is 12.2. The summed E-state index contributed by atoms with van der Waals surface area (Å²) in [4.78, 5) is 10.4. The molecule has 0 amide bonds. The molecule has 1 aliphatic carbocycles. The number of para-hydroxylation sites is 2. The highest BCUT2D eigenvalue weighted by molar-refractivity contribution is 7.85. The summed E-state index contributed by atoms with van der Waals surface area (Å²) >= 11 is 0. The standard InChI is InChI=1S/C18H28N2O5S/c21-15(14-25-18-10-5-4-9-17(18)20(22)23)13-19-11-6-12-26(24)16-7-2-1-3-8-16/h4-5,9-10,15-16,19,21H,1-3,6-8,11-14H2. The molecule has 2 N–H and O–H groups in total. The van der Waals surface area contributed by atoms with E-state index in [4.69, 9.17) is 4.74 Å². The van der Waals surface area contributed by atoms with Gasteiger partial charge in [0.2, 0.25) is 0 Å². The van der Waals surface area contributed by atoms with Gasteiger partial charge in [0.25, 0.3) is 0 Å². The fourth-order valence-corrected chi connectivity index (χ4v) is 4.70. The summed E-state index contributed by atoms with van der Waals surface area (Å²) in [6, 6.07) is 6.10. The first-order valence-corrected chi connectivity index (χ1v) is 10.6. The highest BCUT2D eigenvalue weighted by Gasteiger charge is 2.19. The van der Waals surface area contributed by atoms with E-state index >= 15 is 0 Å². The van der Waals surface area contributed by atoms with E-state index in [1.165, 1.54) is 31.4 Å². The van der Waals surface area contributed by atoms with Crippen LogP contribution in [0.2, 0.25) is 0 Å². The number of nitro groups is 1. The van der Waals surface area contributed by atoms with Crippen molar-refractivity contribution < 1.29 is 19.0 Å². The van der Waals surface area contributed by atoms with Gasteiger partial charge in [-0.15, -0.1) is 0 Å². The Morgan fingerprint density at radius 2 is 2.04 bits per heavy atom. The third-order valence-corrected chi connectivity index (χ3v) is 6.40. The molecule has 0 radical (unpaired) electrons. The van der Waals surface area contributed by atoms with E-state index in [0.29, 0.717) is 24.1 Å². The van der Waals surface area contributed by atoms with Crippen LogP contribution in [0.3, 0.4) is 0 Å². The summed E-state index contributed by atoms with van der Waals surface area (Å²) in [5.41, 5.74) is -0.113. The second-order valence-electron chi connectivity index (χ2n) is 6.59. The summed E-state index contributed by atoms with van der Waals surface area (Å²) < 4.78 is 17.6. The first kappa shape index (κ1) is 20.8. The van der Waals surface area contributed by atoms with E-state index in [2.05, 4.69) is 5.32 Å². The van der Waals surface area contributed by atoms with Crippen LogP contribution < -0.4 is 10.1 Å². The van der Waals surface area contributed by atoms with Crippen LogP contribution in [0, 0.1) is 10.1 Å². The van der Waals surface area contributed by atoms with E-state index in [0.717, 1.165) is 19.3 Å². The molecule has 0 aromatic heterocycles. The summed E-state index contributed by atoms with van der Waals surface area (Å²) in [5, 5.41) is 24.3. The normalized spacial score (nSPS) is 17.6. The van der Waals surface area contributed by atoms with Crippen LogP contribution in [0.1, 0.15) is 38.5 Å². The topological polar surface area (TPSA) is 102 Å². The minimum absolute atomic E-state index is 0.0220. The van der Waals surface area contributed by atoms with Crippen LogP contribution in [0.5, 0.6) is 5.75 Å². The van der Waals surface area contributed by atoms with Gasteiger partial charge in [-0.05, 0) is 31.9 Å². The number of benzene rings is 1. The average Bonchev–Trinajstić information content (AvgIpc) is 2.66. The number of aliphatic hydroxyl groups excluding tert-OH is 1. The van der Waals surface area contributed by atoms with Crippen molar-refractivity contribution in [3.05, 3.63) is 34.4 Å². The molecule has 0 heterocycles. The van der Waals surface area contributed by atoms with Crippen LogP contribution in [-0.2, 0) is 10.8 Å². The predicted octanol–water partition coefficient (Wildman–Crippen LogP) is 2.40. The lowest BCUT2D eigenvalue weighted by Crippen LogP contribution is -2.32. The molecule has 1 aliphatic rings. The monoisotopic (exact) mass is 384 g/mol. The molecule has 0 spiro atoms. The molecule has 1 aromatic carbocycles. The van der Waals surface area contributed by atoms with Crippen LogP contribution in [0.4, 0.5) is 5.69 Å². The number of rotatable bonds is 11. The Morgan fingerprint density at radius 1 is 1.31 bits per heavy atom. The molecule has 2 atom stereocenters. The van der Waals surface area contributed by atoms with Gasteiger partial charge in [0.1, 0.15) is 12.7 Å². The SMILES string of the molecule is O=[N+]([O-])c1ccccc1OCC(O)CNCCCS(=O)C1CCCCC1. The first-order chi connectivity index (χ1) is 12.6. The van der Waals surface area contributed by atoms with E-state index in [-0.39, 0.29) is 18.0 Å². The van der Waals surface area contributed by atoms with Gasteiger partial charge in [-0.3, -0.25) is 14.3 Å². The van der Waals surface area contributed by atoms with Crippen LogP contribution in [0.15, 0.2) is 24.3 Å². The van der Waals surface area contributed by atoms with Crippen molar-refractivity contribution in [3.8, 4) is 5.75 Å². The zero-order valence-electron chi connectivity index (χ0n) is 15.0. The highest BCUT2D eigenvalue weighted by Crippen LogP contribution is 2.25. The Hall–Kier alpha value is -1.51. The molecule has 2 unspecified atom stereocenters. The predicted molar refractivity (Wildman–Crippen MR) is 102 cm³/mol. The molecule has 146 valence electrons. The van der Waals surface area contributed by atoms with Gasteiger partial charge in [0.05, 0.1) is 4.92 Å². The quantitative estimate of drug-likeness (QED) is 0.345. The summed E-state index contributed by atoms with van der Waals surface area (Å²) in [7, 11) is -0.747. The van der Waals surface area contributed by atoms with Gasteiger partial charge in [-0.1, -0.05) is 31.4 Å². The maximum atomic E-state index is 12.2. The lowest BCUT2D eigenvalue weighted by molar-refractivity contribution is -0.385. The lowest BCUT2D eigenvalue weighted by Gasteiger charge is -2.20. The lowest BCUT2D eigenvalue weighted by atomic mass is 10.0. The Balaban J connectivity index is 1.58. The van der Waals surface area contributed by atoms with Crippen molar-refractivity contribution in [3.63, 3.8) is 0 Å². The number of nitro benzene ring substituents is 1. The van der Waals surface area contributed by atoms with Gasteiger partial charge in [-0.25, -0.2) is 0 Å². The van der Waals surface area contributed by atoms with Gasteiger partial charge in [0, 0.05) is 34.4 Å². The highest BCUT2D eigenvalue weighted by atomic mass is 32.2. The van der Waals surface area contributed by atoms with Gasteiger partial charge in [-0.2, -0.15) is 0 Å². The Labute approximate surface area is 156 Å². The van der Waals surface area contributed by atoms with Crippen molar-refractivity contribution in [2.45, 2.75) is 49.9 Å². The number of ether oxygens (including phenoxy) is 1. The first-order valence-electron chi connectivity index (χ1n) is 9.20. The molecule has 7 nitrogen and oxygen atoms in total. The average molecular weight is 384 g/mol. The van der Waals surface area contributed by atoms with Gasteiger partial charge >= 0.3 is 5.69 Å². The molecule has 1 fully saturated rings. The largest absolute Gasteiger partial charge is 0.484 e. The number of hydrogen-bond acceptors (Lipinski definition) is 6. The number of aliphatic hydroxyl groups is 1. The van der Waals surface area contributed by atoms with E-state index in [1.807, 2.05) is 0 Å². The van der Waals surface area contributed by atoms with Crippen molar-refractivity contribution in [2.24, 2.45) is 0 Å². The van der Waals surface area contributed by atoms with Crippen molar-refractivity contribution in [1.82, 2.24) is 5.32 Å². The Morgan fingerprint density at radius 3 is 2.77 bits per heavy atom. The Kier molecular flexibility index (Phi) is 9.00. The zero-order valence-corrected chi connectivity index (χ0v) is 15.8. The van der Waals surface area contributed by atoms with Gasteiger partial charge < -0.3 is 15.2 Å². The fraction of sp³-hybridized carbons (Fsp3) is 0.667. The van der Waals surface area contributed by atoms with E-state index < -0.39 is 21.8 Å². The smallest absolute Gasteiger partial charge is 0.310 e.